The number of likely N-dealkylation sites (tertiary alicyclic amines) is 1. The molecule has 1 aliphatic heterocycles. The van der Waals surface area contributed by atoms with Gasteiger partial charge in [-0.3, -0.25) is 4.99 Å². The van der Waals surface area contributed by atoms with E-state index in [1.807, 2.05) is 7.05 Å². The van der Waals surface area contributed by atoms with Gasteiger partial charge in [0.15, 0.2) is 5.96 Å². The number of nitrogens with one attached hydrogen (secondary N) is 1. The highest BCUT2D eigenvalue weighted by Gasteiger charge is 2.21. The molecule has 0 radical (unpaired) electrons. The molecule has 1 heterocycles. The largest absolute Gasteiger partial charge is 0.491 e. The molecule has 5 nitrogen and oxygen atoms in total. The molecule has 0 atom stereocenters. The molecule has 0 aromatic heterocycles. The van der Waals surface area contributed by atoms with Crippen LogP contribution in [0.2, 0.25) is 0 Å². The van der Waals surface area contributed by atoms with Gasteiger partial charge in [0.1, 0.15) is 12.4 Å². The molecule has 5 heteroatoms. The zero-order valence-electron chi connectivity index (χ0n) is 15.5. The summed E-state index contributed by atoms with van der Waals surface area (Å²) in [4.78, 5) is 6.70. The van der Waals surface area contributed by atoms with Crippen molar-refractivity contribution in [2.45, 2.75) is 39.7 Å². The molecule has 0 aliphatic carbocycles. The molecule has 0 unspecified atom stereocenters. The molecular formula is C19H31N3O2. The monoisotopic (exact) mass is 333 g/mol. The maximum absolute atomic E-state index is 5.94. The third-order valence-corrected chi connectivity index (χ3v) is 4.40. The van der Waals surface area contributed by atoms with Crippen LogP contribution in [0.15, 0.2) is 23.2 Å². The summed E-state index contributed by atoms with van der Waals surface area (Å²) in [7, 11) is 1.84. The summed E-state index contributed by atoms with van der Waals surface area (Å²) in [6, 6.07) is 6.22. The van der Waals surface area contributed by atoms with Crippen molar-refractivity contribution in [3.63, 3.8) is 0 Å². The maximum atomic E-state index is 5.94. The molecule has 0 spiro atoms. The van der Waals surface area contributed by atoms with Gasteiger partial charge in [-0.15, -0.1) is 0 Å². The van der Waals surface area contributed by atoms with Crippen LogP contribution >= 0.6 is 0 Å². The molecule has 24 heavy (non-hydrogen) atoms. The van der Waals surface area contributed by atoms with E-state index in [1.165, 1.54) is 11.1 Å². The number of nitrogens with zero attached hydrogens (tertiary/aromatic N) is 2. The fraction of sp³-hybridized carbons (Fsp3) is 0.632. The van der Waals surface area contributed by atoms with Crippen LogP contribution in [0.4, 0.5) is 0 Å². The van der Waals surface area contributed by atoms with Crippen molar-refractivity contribution in [1.29, 1.82) is 0 Å². The number of aliphatic imine (C=N–C) groups is 1. The topological polar surface area (TPSA) is 46.1 Å². The lowest BCUT2D eigenvalue weighted by Gasteiger charge is -2.34. The Morgan fingerprint density at radius 1 is 1.25 bits per heavy atom. The van der Waals surface area contributed by atoms with Crippen LogP contribution < -0.4 is 10.1 Å². The standard InChI is InChI=1S/C19H31N3O2/c1-5-23-17-9-12-22(13-10-17)19(20-4)21-11-14-24-18-15(2)7-6-8-16(18)3/h6-8,17H,5,9-14H2,1-4H3,(H,20,21). The number of rotatable bonds is 6. The zero-order valence-corrected chi connectivity index (χ0v) is 15.5. The highest BCUT2D eigenvalue weighted by Crippen LogP contribution is 2.22. The number of para-hydroxylation sites is 1. The van der Waals surface area contributed by atoms with Gasteiger partial charge in [-0.2, -0.15) is 0 Å². The van der Waals surface area contributed by atoms with Crippen LogP contribution in [0.3, 0.4) is 0 Å². The van der Waals surface area contributed by atoms with Crippen molar-refractivity contribution in [3.05, 3.63) is 29.3 Å². The predicted molar refractivity (Wildman–Crippen MR) is 99.0 cm³/mol. The molecule has 2 rings (SSSR count). The summed E-state index contributed by atoms with van der Waals surface area (Å²) in [5.41, 5.74) is 2.36. The van der Waals surface area contributed by atoms with Crippen molar-refractivity contribution in [1.82, 2.24) is 10.2 Å². The predicted octanol–water partition coefficient (Wildman–Crippen LogP) is 2.76. The highest BCUT2D eigenvalue weighted by molar-refractivity contribution is 5.79. The van der Waals surface area contributed by atoms with E-state index < -0.39 is 0 Å². The molecule has 0 amide bonds. The lowest BCUT2D eigenvalue weighted by Crippen LogP contribution is -2.47. The molecular weight excluding hydrogens is 302 g/mol. The third kappa shape index (κ3) is 5.13. The molecule has 1 aliphatic rings. The second-order valence-electron chi connectivity index (χ2n) is 6.19. The molecule has 1 aromatic rings. The van der Waals surface area contributed by atoms with Crippen molar-refractivity contribution in [3.8, 4) is 5.75 Å². The number of guanidine groups is 1. The minimum atomic E-state index is 0.400. The van der Waals surface area contributed by atoms with Crippen molar-refractivity contribution in [2.75, 3.05) is 39.9 Å². The molecule has 1 fully saturated rings. The van der Waals surface area contributed by atoms with Crippen LogP contribution in [0.1, 0.15) is 30.9 Å². The Balaban J connectivity index is 1.75. The minimum Gasteiger partial charge on any atom is -0.491 e. The van der Waals surface area contributed by atoms with Gasteiger partial charge < -0.3 is 19.7 Å². The summed E-state index contributed by atoms with van der Waals surface area (Å²) in [6.07, 6.45) is 2.53. The Bertz CT molecular complexity index is 517. The summed E-state index contributed by atoms with van der Waals surface area (Å²) < 4.78 is 11.7. The molecule has 1 saturated heterocycles. The average molecular weight is 333 g/mol. The van der Waals surface area contributed by atoms with E-state index in [4.69, 9.17) is 9.47 Å². The number of ether oxygens (including phenoxy) is 2. The number of aryl methyl sites for hydroxylation is 2. The number of benzene rings is 1. The fourth-order valence-electron chi connectivity index (χ4n) is 3.15. The van der Waals surface area contributed by atoms with E-state index in [0.29, 0.717) is 12.7 Å². The number of hydrogen-bond acceptors (Lipinski definition) is 3. The van der Waals surface area contributed by atoms with Crippen LogP contribution in [-0.2, 0) is 4.74 Å². The van der Waals surface area contributed by atoms with E-state index in [0.717, 1.165) is 50.8 Å². The van der Waals surface area contributed by atoms with Crippen LogP contribution in [0, 0.1) is 13.8 Å². The lowest BCUT2D eigenvalue weighted by molar-refractivity contribution is 0.0263. The van der Waals surface area contributed by atoms with Gasteiger partial charge in [-0.1, -0.05) is 18.2 Å². The Morgan fingerprint density at radius 3 is 2.50 bits per heavy atom. The third-order valence-electron chi connectivity index (χ3n) is 4.40. The first-order valence-electron chi connectivity index (χ1n) is 8.92. The van der Waals surface area contributed by atoms with E-state index in [2.05, 4.69) is 54.2 Å². The second-order valence-corrected chi connectivity index (χ2v) is 6.19. The first-order valence-corrected chi connectivity index (χ1v) is 8.92. The van der Waals surface area contributed by atoms with Gasteiger partial charge in [-0.25, -0.2) is 0 Å². The van der Waals surface area contributed by atoms with Gasteiger partial charge in [0.05, 0.1) is 12.6 Å². The highest BCUT2D eigenvalue weighted by atomic mass is 16.5. The lowest BCUT2D eigenvalue weighted by atomic mass is 10.1. The minimum absolute atomic E-state index is 0.400. The normalized spacial score (nSPS) is 16.3. The molecule has 0 bridgehead atoms. The number of hydrogen-bond donors (Lipinski definition) is 1. The summed E-state index contributed by atoms with van der Waals surface area (Å²) >= 11 is 0. The van der Waals surface area contributed by atoms with Gasteiger partial charge in [0.2, 0.25) is 0 Å². The van der Waals surface area contributed by atoms with Gasteiger partial charge in [-0.05, 0) is 44.7 Å². The van der Waals surface area contributed by atoms with Crippen molar-refractivity contribution in [2.24, 2.45) is 4.99 Å². The van der Waals surface area contributed by atoms with Gasteiger partial charge in [0.25, 0.3) is 0 Å². The number of piperidine rings is 1. The smallest absolute Gasteiger partial charge is 0.193 e. The Kier molecular flexibility index (Phi) is 7.37. The Labute approximate surface area is 146 Å². The maximum Gasteiger partial charge on any atom is 0.193 e. The second kappa shape index (κ2) is 9.52. The fourth-order valence-corrected chi connectivity index (χ4v) is 3.15. The van der Waals surface area contributed by atoms with Gasteiger partial charge >= 0.3 is 0 Å². The summed E-state index contributed by atoms with van der Waals surface area (Å²) in [5.74, 6) is 1.95. The average Bonchev–Trinajstić information content (AvgIpc) is 2.58. The van der Waals surface area contributed by atoms with Crippen LogP contribution in [0.5, 0.6) is 5.75 Å². The SMILES string of the molecule is CCOC1CCN(C(=NC)NCCOc2c(C)cccc2C)CC1. The van der Waals surface area contributed by atoms with E-state index in [-0.39, 0.29) is 0 Å². The van der Waals surface area contributed by atoms with E-state index in [1.54, 1.807) is 0 Å². The zero-order chi connectivity index (χ0) is 17.4. The van der Waals surface area contributed by atoms with E-state index >= 15 is 0 Å². The summed E-state index contributed by atoms with van der Waals surface area (Å²) in [5, 5.41) is 3.41. The molecule has 1 N–H and O–H groups in total. The molecule has 1 aromatic carbocycles. The first-order chi connectivity index (χ1) is 11.7. The summed E-state index contributed by atoms with van der Waals surface area (Å²) in [6.45, 7) is 10.4. The first kappa shape index (κ1) is 18.6. The molecule has 0 saturated carbocycles. The van der Waals surface area contributed by atoms with Crippen molar-refractivity contribution >= 4 is 5.96 Å². The Morgan fingerprint density at radius 2 is 1.92 bits per heavy atom. The van der Waals surface area contributed by atoms with Crippen LogP contribution in [-0.4, -0.2) is 56.9 Å². The van der Waals surface area contributed by atoms with Gasteiger partial charge in [0, 0.05) is 26.7 Å². The molecule has 134 valence electrons. The van der Waals surface area contributed by atoms with E-state index in [9.17, 15) is 0 Å². The Hall–Kier alpha value is -1.75. The van der Waals surface area contributed by atoms with Crippen LogP contribution in [0.25, 0.3) is 0 Å². The quantitative estimate of drug-likeness (QED) is 0.494. The van der Waals surface area contributed by atoms with Crippen molar-refractivity contribution < 1.29 is 9.47 Å².